The van der Waals surface area contributed by atoms with Gasteiger partial charge in [-0.2, -0.15) is 0 Å². The van der Waals surface area contributed by atoms with Crippen LogP contribution in [0.5, 0.6) is 0 Å². The van der Waals surface area contributed by atoms with Crippen molar-refractivity contribution in [3.05, 3.63) is 0 Å². The zero-order valence-electron chi connectivity index (χ0n) is 12.3. The number of hydrogen-bond donors (Lipinski definition) is 1. The Morgan fingerprint density at radius 3 is 2.00 bits per heavy atom. The SMILES string of the molecule is CCC(OC(=O)C(C)C)C(C)(C)C(O)C(C)C. The average Bonchev–Trinajstić information content (AvgIpc) is 2.23. The minimum absolute atomic E-state index is 0.129. The van der Waals surface area contributed by atoms with Crippen LogP contribution in [-0.4, -0.2) is 23.3 Å². The summed E-state index contributed by atoms with van der Waals surface area (Å²) in [5.74, 6) is -0.172. The van der Waals surface area contributed by atoms with E-state index in [-0.39, 0.29) is 23.9 Å². The Morgan fingerprint density at radius 2 is 1.71 bits per heavy atom. The van der Waals surface area contributed by atoms with Crippen LogP contribution in [0, 0.1) is 17.3 Å². The Kier molecular flexibility index (Phi) is 6.17. The highest BCUT2D eigenvalue weighted by Crippen LogP contribution is 2.33. The first-order valence-corrected chi connectivity index (χ1v) is 6.53. The molecule has 0 aliphatic rings. The van der Waals surface area contributed by atoms with E-state index in [2.05, 4.69) is 0 Å². The molecule has 0 bridgehead atoms. The van der Waals surface area contributed by atoms with Gasteiger partial charge in [-0.3, -0.25) is 4.79 Å². The normalized spacial score (nSPS) is 16.1. The van der Waals surface area contributed by atoms with Gasteiger partial charge in [0.2, 0.25) is 0 Å². The van der Waals surface area contributed by atoms with Crippen LogP contribution < -0.4 is 0 Å². The number of hydrogen-bond acceptors (Lipinski definition) is 3. The average molecular weight is 244 g/mol. The van der Waals surface area contributed by atoms with Gasteiger partial charge < -0.3 is 9.84 Å². The van der Waals surface area contributed by atoms with E-state index >= 15 is 0 Å². The summed E-state index contributed by atoms with van der Waals surface area (Å²) in [6.45, 7) is 13.5. The van der Waals surface area contributed by atoms with Gasteiger partial charge in [0.1, 0.15) is 6.10 Å². The molecule has 0 radical (unpaired) electrons. The second-order valence-electron chi connectivity index (χ2n) is 6.00. The van der Waals surface area contributed by atoms with Crippen LogP contribution in [-0.2, 0) is 9.53 Å². The van der Waals surface area contributed by atoms with Gasteiger partial charge in [-0.1, -0.05) is 48.5 Å². The summed E-state index contributed by atoms with van der Waals surface area (Å²) in [6, 6.07) is 0. The number of rotatable bonds is 6. The van der Waals surface area contributed by atoms with Crippen molar-refractivity contribution >= 4 is 5.97 Å². The van der Waals surface area contributed by atoms with E-state index in [1.54, 1.807) is 0 Å². The van der Waals surface area contributed by atoms with E-state index < -0.39 is 11.5 Å². The molecule has 0 heterocycles. The minimum Gasteiger partial charge on any atom is -0.462 e. The molecule has 0 aromatic heterocycles. The van der Waals surface area contributed by atoms with Crippen molar-refractivity contribution in [2.75, 3.05) is 0 Å². The third kappa shape index (κ3) is 4.30. The summed E-state index contributed by atoms with van der Waals surface area (Å²) in [7, 11) is 0. The summed E-state index contributed by atoms with van der Waals surface area (Å²) in [6.07, 6.45) is -0.00267. The predicted octanol–water partition coefficient (Wildman–Crippen LogP) is 3.01. The molecule has 0 saturated carbocycles. The molecule has 102 valence electrons. The van der Waals surface area contributed by atoms with Crippen LogP contribution in [0.3, 0.4) is 0 Å². The molecule has 0 amide bonds. The lowest BCUT2D eigenvalue weighted by Gasteiger charge is -2.39. The summed E-state index contributed by atoms with van der Waals surface area (Å²) in [5.41, 5.74) is -0.423. The Balaban J connectivity index is 4.80. The summed E-state index contributed by atoms with van der Waals surface area (Å²) >= 11 is 0. The van der Waals surface area contributed by atoms with E-state index in [1.165, 1.54) is 0 Å². The van der Waals surface area contributed by atoms with Gasteiger partial charge in [0.25, 0.3) is 0 Å². The van der Waals surface area contributed by atoms with Gasteiger partial charge in [0, 0.05) is 5.41 Å². The Labute approximate surface area is 106 Å². The molecule has 1 N–H and O–H groups in total. The maximum absolute atomic E-state index is 11.6. The minimum atomic E-state index is -0.479. The second-order valence-corrected chi connectivity index (χ2v) is 6.00. The van der Waals surface area contributed by atoms with E-state index in [1.807, 2.05) is 48.5 Å². The molecule has 17 heavy (non-hydrogen) atoms. The van der Waals surface area contributed by atoms with Crippen LogP contribution in [0.25, 0.3) is 0 Å². The van der Waals surface area contributed by atoms with Crippen LogP contribution in [0.2, 0.25) is 0 Å². The molecule has 2 unspecified atom stereocenters. The number of esters is 1. The van der Waals surface area contributed by atoms with Gasteiger partial charge in [-0.15, -0.1) is 0 Å². The topological polar surface area (TPSA) is 46.5 Å². The van der Waals surface area contributed by atoms with E-state index in [9.17, 15) is 9.90 Å². The summed E-state index contributed by atoms with van der Waals surface area (Å²) in [4.78, 5) is 11.6. The first-order chi connectivity index (χ1) is 7.64. The zero-order valence-corrected chi connectivity index (χ0v) is 12.3. The maximum atomic E-state index is 11.6. The number of aliphatic hydroxyl groups excluding tert-OH is 1. The van der Waals surface area contributed by atoms with Gasteiger partial charge in [-0.05, 0) is 12.3 Å². The van der Waals surface area contributed by atoms with Crippen LogP contribution in [0.15, 0.2) is 0 Å². The van der Waals surface area contributed by atoms with Gasteiger partial charge in [0.15, 0.2) is 0 Å². The highest BCUT2D eigenvalue weighted by atomic mass is 16.5. The van der Waals surface area contributed by atoms with Crippen LogP contribution >= 0.6 is 0 Å². The Hall–Kier alpha value is -0.570. The molecule has 0 saturated heterocycles. The molecule has 0 aliphatic carbocycles. The summed E-state index contributed by atoms with van der Waals surface area (Å²) in [5, 5.41) is 10.2. The molecule has 2 atom stereocenters. The lowest BCUT2D eigenvalue weighted by molar-refractivity contribution is -0.166. The third-order valence-corrected chi connectivity index (χ3v) is 3.32. The first-order valence-electron chi connectivity index (χ1n) is 6.53. The molecular weight excluding hydrogens is 216 g/mol. The van der Waals surface area contributed by atoms with Crippen LogP contribution in [0.1, 0.15) is 54.9 Å². The van der Waals surface area contributed by atoms with Gasteiger partial charge in [0.05, 0.1) is 12.0 Å². The fourth-order valence-electron chi connectivity index (χ4n) is 2.09. The highest BCUT2D eigenvalue weighted by molar-refractivity contribution is 5.71. The highest BCUT2D eigenvalue weighted by Gasteiger charge is 2.39. The fourth-order valence-corrected chi connectivity index (χ4v) is 2.09. The molecule has 3 nitrogen and oxygen atoms in total. The van der Waals surface area contributed by atoms with Gasteiger partial charge >= 0.3 is 5.97 Å². The molecule has 0 aromatic rings. The smallest absolute Gasteiger partial charge is 0.308 e. The molecular formula is C14H28O3. The standard InChI is InChI=1S/C14H28O3/c1-8-11(17-13(16)10(4)5)14(6,7)12(15)9(2)3/h9-12,15H,8H2,1-7H3. The number of aliphatic hydroxyl groups is 1. The third-order valence-electron chi connectivity index (χ3n) is 3.32. The molecule has 3 heteroatoms. The quantitative estimate of drug-likeness (QED) is 0.731. The lowest BCUT2D eigenvalue weighted by Crippen LogP contribution is -2.45. The molecule has 0 rings (SSSR count). The number of carbonyl (C=O) groups is 1. The first kappa shape index (κ1) is 16.4. The monoisotopic (exact) mass is 244 g/mol. The number of ether oxygens (including phenoxy) is 1. The van der Waals surface area contributed by atoms with Crippen molar-refractivity contribution in [1.82, 2.24) is 0 Å². The van der Waals surface area contributed by atoms with Crippen molar-refractivity contribution in [1.29, 1.82) is 0 Å². The predicted molar refractivity (Wildman–Crippen MR) is 69.6 cm³/mol. The fraction of sp³-hybridized carbons (Fsp3) is 0.929. The summed E-state index contributed by atoms with van der Waals surface area (Å²) < 4.78 is 5.50. The number of carbonyl (C=O) groups excluding carboxylic acids is 1. The van der Waals surface area contributed by atoms with E-state index in [0.29, 0.717) is 0 Å². The zero-order chi connectivity index (χ0) is 13.8. The second kappa shape index (κ2) is 6.39. The molecule has 0 aliphatic heterocycles. The van der Waals surface area contributed by atoms with Crippen LogP contribution in [0.4, 0.5) is 0 Å². The largest absolute Gasteiger partial charge is 0.462 e. The van der Waals surface area contributed by atoms with Crippen molar-refractivity contribution in [2.24, 2.45) is 17.3 Å². The molecule has 0 aromatic carbocycles. The van der Waals surface area contributed by atoms with E-state index in [0.717, 1.165) is 6.42 Å². The molecule has 0 fully saturated rings. The van der Waals surface area contributed by atoms with Crippen molar-refractivity contribution in [3.63, 3.8) is 0 Å². The van der Waals surface area contributed by atoms with Crippen molar-refractivity contribution < 1.29 is 14.6 Å². The van der Waals surface area contributed by atoms with Crippen molar-refractivity contribution in [2.45, 2.75) is 67.1 Å². The lowest BCUT2D eigenvalue weighted by atomic mass is 9.75. The molecule has 0 spiro atoms. The van der Waals surface area contributed by atoms with Gasteiger partial charge in [-0.25, -0.2) is 0 Å². The Morgan fingerprint density at radius 1 is 1.24 bits per heavy atom. The maximum Gasteiger partial charge on any atom is 0.308 e. The Bertz CT molecular complexity index is 244. The van der Waals surface area contributed by atoms with E-state index in [4.69, 9.17) is 4.74 Å². The van der Waals surface area contributed by atoms with Crippen molar-refractivity contribution in [3.8, 4) is 0 Å².